The molecule has 0 saturated carbocycles. The van der Waals surface area contributed by atoms with E-state index in [1.807, 2.05) is 5.38 Å². The maximum atomic E-state index is 12.0. The Balaban J connectivity index is 1.50. The zero-order valence-corrected chi connectivity index (χ0v) is 17.2. The highest BCUT2D eigenvalue weighted by Gasteiger charge is 2.14. The summed E-state index contributed by atoms with van der Waals surface area (Å²) in [5.74, 6) is -1.09. The Morgan fingerprint density at radius 2 is 2.04 bits per heavy atom. The second-order valence-electron chi connectivity index (χ2n) is 5.41. The maximum absolute atomic E-state index is 12.0. The molecule has 3 rings (SSSR count). The molecule has 11 heteroatoms. The molecule has 3 aromatic heterocycles. The topological polar surface area (TPSA) is 105 Å². The van der Waals surface area contributed by atoms with Gasteiger partial charge in [-0.15, -0.1) is 22.7 Å². The van der Waals surface area contributed by atoms with Crippen molar-refractivity contribution in [3.63, 3.8) is 0 Å². The standard InChI is InChI=1S/C16H14BrN5O3S2/c1-22-7-9(17)5-11(22)14(24)21-20-13(23)6-10-8-27-16(18-10)19-15(25)12-3-2-4-26-12/h2-5,7-8H,6H2,1H3,(H,20,23)(H,21,24)(H,18,19,25). The summed E-state index contributed by atoms with van der Waals surface area (Å²) in [6.45, 7) is 0. The van der Waals surface area contributed by atoms with Crippen LogP contribution in [0.3, 0.4) is 0 Å². The van der Waals surface area contributed by atoms with Gasteiger partial charge in [-0.3, -0.25) is 30.6 Å². The van der Waals surface area contributed by atoms with Crippen LogP contribution in [0.4, 0.5) is 5.13 Å². The molecule has 0 aromatic carbocycles. The lowest BCUT2D eigenvalue weighted by Gasteiger charge is -2.07. The number of hydrazine groups is 1. The van der Waals surface area contributed by atoms with Gasteiger partial charge < -0.3 is 4.57 Å². The number of nitrogens with one attached hydrogen (secondary N) is 3. The highest BCUT2D eigenvalue weighted by Crippen LogP contribution is 2.18. The normalized spacial score (nSPS) is 10.4. The van der Waals surface area contributed by atoms with Gasteiger partial charge in [0.05, 0.1) is 17.0 Å². The molecule has 27 heavy (non-hydrogen) atoms. The van der Waals surface area contributed by atoms with Gasteiger partial charge in [0.15, 0.2) is 5.13 Å². The van der Waals surface area contributed by atoms with E-state index in [9.17, 15) is 14.4 Å². The zero-order valence-electron chi connectivity index (χ0n) is 14.0. The number of carbonyl (C=O) groups is 3. The average Bonchev–Trinajstić information content (AvgIpc) is 3.34. The van der Waals surface area contributed by atoms with Crippen molar-refractivity contribution in [3.05, 3.63) is 55.9 Å². The van der Waals surface area contributed by atoms with Gasteiger partial charge in [0.25, 0.3) is 11.8 Å². The van der Waals surface area contributed by atoms with Gasteiger partial charge in [-0.25, -0.2) is 4.98 Å². The Labute approximate surface area is 170 Å². The number of rotatable bonds is 5. The molecule has 0 atom stereocenters. The minimum atomic E-state index is -0.432. The fourth-order valence-corrected chi connectivity index (χ4v) is 4.01. The van der Waals surface area contributed by atoms with E-state index in [0.717, 1.165) is 4.47 Å². The van der Waals surface area contributed by atoms with E-state index in [0.29, 0.717) is 21.4 Å². The summed E-state index contributed by atoms with van der Waals surface area (Å²) in [7, 11) is 1.72. The fraction of sp³-hybridized carbons (Fsp3) is 0.125. The summed E-state index contributed by atoms with van der Waals surface area (Å²) < 4.78 is 2.40. The third kappa shape index (κ3) is 5.02. The Morgan fingerprint density at radius 3 is 2.70 bits per heavy atom. The summed E-state index contributed by atoms with van der Waals surface area (Å²) in [5, 5.41) is 6.59. The quantitative estimate of drug-likeness (QED) is 0.501. The summed E-state index contributed by atoms with van der Waals surface area (Å²) in [6.07, 6.45) is 1.71. The summed E-state index contributed by atoms with van der Waals surface area (Å²) in [6, 6.07) is 5.15. The molecular weight excluding hydrogens is 454 g/mol. The summed E-state index contributed by atoms with van der Waals surface area (Å²) >= 11 is 5.85. The van der Waals surface area contributed by atoms with Gasteiger partial charge in [0, 0.05) is 23.1 Å². The number of halogens is 1. The molecule has 3 amide bonds. The molecule has 0 aliphatic heterocycles. The number of hydrogen-bond acceptors (Lipinski definition) is 6. The molecule has 0 spiro atoms. The Kier molecular flexibility index (Phi) is 6.04. The van der Waals surface area contributed by atoms with Crippen LogP contribution >= 0.6 is 38.6 Å². The van der Waals surface area contributed by atoms with Crippen LogP contribution in [-0.2, 0) is 18.3 Å². The van der Waals surface area contributed by atoms with E-state index < -0.39 is 11.8 Å². The molecule has 0 radical (unpaired) electrons. The number of thiophene rings is 1. The molecule has 3 N–H and O–H groups in total. The summed E-state index contributed by atoms with van der Waals surface area (Å²) in [4.78, 5) is 40.8. The lowest BCUT2D eigenvalue weighted by molar-refractivity contribution is -0.121. The highest BCUT2D eigenvalue weighted by molar-refractivity contribution is 9.10. The lowest BCUT2D eigenvalue weighted by Crippen LogP contribution is -2.43. The van der Waals surface area contributed by atoms with Crippen LogP contribution in [0.15, 0.2) is 39.6 Å². The molecule has 3 heterocycles. The number of aryl methyl sites for hydroxylation is 1. The fourth-order valence-electron chi connectivity index (χ4n) is 2.16. The largest absolute Gasteiger partial charge is 0.345 e. The van der Waals surface area contributed by atoms with Crippen LogP contribution in [0.25, 0.3) is 0 Å². The highest BCUT2D eigenvalue weighted by atomic mass is 79.9. The van der Waals surface area contributed by atoms with E-state index in [4.69, 9.17) is 0 Å². The van der Waals surface area contributed by atoms with Crippen LogP contribution in [0.5, 0.6) is 0 Å². The lowest BCUT2D eigenvalue weighted by atomic mass is 10.3. The number of hydrogen-bond donors (Lipinski definition) is 3. The first-order chi connectivity index (χ1) is 12.9. The zero-order chi connectivity index (χ0) is 19.4. The van der Waals surface area contributed by atoms with Gasteiger partial charge in [-0.1, -0.05) is 6.07 Å². The third-order valence-corrected chi connectivity index (χ3v) is 5.49. The number of amides is 3. The van der Waals surface area contributed by atoms with Gasteiger partial charge in [-0.2, -0.15) is 0 Å². The monoisotopic (exact) mass is 467 g/mol. The average molecular weight is 468 g/mol. The van der Waals surface area contributed by atoms with Gasteiger partial charge in [0.1, 0.15) is 5.69 Å². The van der Waals surface area contributed by atoms with E-state index >= 15 is 0 Å². The first-order valence-electron chi connectivity index (χ1n) is 7.62. The van der Waals surface area contributed by atoms with Crippen molar-refractivity contribution in [2.75, 3.05) is 5.32 Å². The predicted molar refractivity (Wildman–Crippen MR) is 107 cm³/mol. The number of thiazole rings is 1. The van der Waals surface area contributed by atoms with Crippen LogP contribution in [0.2, 0.25) is 0 Å². The Hall–Kier alpha value is -2.50. The van der Waals surface area contributed by atoms with Gasteiger partial charge in [0.2, 0.25) is 5.91 Å². The SMILES string of the molecule is Cn1cc(Br)cc1C(=O)NNC(=O)Cc1csc(NC(=O)c2cccs2)n1. The van der Waals surface area contributed by atoms with E-state index in [1.54, 1.807) is 41.4 Å². The molecule has 0 saturated heterocycles. The molecule has 8 nitrogen and oxygen atoms in total. The van der Waals surface area contributed by atoms with E-state index in [2.05, 4.69) is 37.1 Å². The van der Waals surface area contributed by atoms with E-state index in [-0.39, 0.29) is 12.3 Å². The van der Waals surface area contributed by atoms with E-state index in [1.165, 1.54) is 22.7 Å². The van der Waals surface area contributed by atoms with Crippen molar-refractivity contribution in [3.8, 4) is 0 Å². The van der Waals surface area contributed by atoms with Crippen molar-refractivity contribution >= 4 is 61.5 Å². The summed E-state index contributed by atoms with van der Waals surface area (Å²) in [5.41, 5.74) is 5.60. The van der Waals surface area contributed by atoms with Crippen molar-refractivity contribution in [2.24, 2.45) is 7.05 Å². The minimum Gasteiger partial charge on any atom is -0.345 e. The smallest absolute Gasteiger partial charge is 0.286 e. The molecule has 140 valence electrons. The first-order valence-corrected chi connectivity index (χ1v) is 10.2. The molecule has 0 bridgehead atoms. The van der Waals surface area contributed by atoms with Crippen LogP contribution < -0.4 is 16.2 Å². The van der Waals surface area contributed by atoms with Crippen LogP contribution in [0.1, 0.15) is 25.9 Å². The Bertz CT molecular complexity index is 980. The second-order valence-corrected chi connectivity index (χ2v) is 8.13. The van der Waals surface area contributed by atoms with Gasteiger partial charge in [-0.05, 0) is 33.4 Å². The predicted octanol–water partition coefficient (Wildman–Crippen LogP) is 2.56. The minimum absolute atomic E-state index is 0.0253. The number of aromatic nitrogens is 2. The molecule has 3 aromatic rings. The van der Waals surface area contributed by atoms with Crippen LogP contribution in [-0.4, -0.2) is 27.3 Å². The molecule has 0 unspecified atom stereocenters. The molecular formula is C16H14BrN5O3S2. The van der Waals surface area contributed by atoms with Crippen molar-refractivity contribution in [2.45, 2.75) is 6.42 Å². The number of nitrogens with zero attached hydrogens (tertiary/aromatic N) is 2. The van der Waals surface area contributed by atoms with Gasteiger partial charge >= 0.3 is 0 Å². The Morgan fingerprint density at radius 1 is 1.22 bits per heavy atom. The molecule has 0 aliphatic carbocycles. The van der Waals surface area contributed by atoms with Crippen molar-refractivity contribution in [1.29, 1.82) is 0 Å². The van der Waals surface area contributed by atoms with Crippen LogP contribution in [0, 0.1) is 0 Å². The van der Waals surface area contributed by atoms with Crippen molar-refractivity contribution in [1.82, 2.24) is 20.4 Å². The number of anilines is 1. The second kappa shape index (κ2) is 8.46. The van der Waals surface area contributed by atoms with Crippen molar-refractivity contribution < 1.29 is 14.4 Å². The molecule has 0 fully saturated rings. The molecule has 0 aliphatic rings. The maximum Gasteiger partial charge on any atom is 0.286 e. The first kappa shape index (κ1) is 19.3. The third-order valence-electron chi connectivity index (χ3n) is 3.38. The number of carbonyl (C=O) groups excluding carboxylic acids is 3.